The van der Waals surface area contributed by atoms with Crippen LogP contribution in [0, 0.1) is 10.1 Å². The third-order valence-electron chi connectivity index (χ3n) is 2.03. The van der Waals surface area contributed by atoms with E-state index in [1.54, 1.807) is 0 Å². The molecule has 0 fully saturated rings. The second-order valence-corrected chi connectivity index (χ2v) is 3.39. The number of hydrogen-bond donors (Lipinski definition) is 0. The SMILES string of the molecule is CCOC(=O)c1cc(OC)nc([N+](=O)[O-])c1OC(F)(F)F. The fraction of sp³-hybridized carbons (Fsp3) is 0.400. The summed E-state index contributed by atoms with van der Waals surface area (Å²) in [4.78, 5) is 24.4. The summed E-state index contributed by atoms with van der Waals surface area (Å²) in [7, 11) is 1.07. The number of alkyl halides is 3. The maximum Gasteiger partial charge on any atom is 0.573 e. The van der Waals surface area contributed by atoms with Crippen molar-refractivity contribution in [2.75, 3.05) is 13.7 Å². The van der Waals surface area contributed by atoms with Crippen molar-refractivity contribution in [1.29, 1.82) is 0 Å². The van der Waals surface area contributed by atoms with E-state index < -0.39 is 40.3 Å². The molecular formula is C10H9F3N2O6. The first-order valence-electron chi connectivity index (χ1n) is 5.35. The molecule has 0 amide bonds. The molecule has 0 radical (unpaired) electrons. The van der Waals surface area contributed by atoms with Crippen LogP contribution in [0.3, 0.4) is 0 Å². The van der Waals surface area contributed by atoms with E-state index in [4.69, 9.17) is 0 Å². The Morgan fingerprint density at radius 2 is 2.10 bits per heavy atom. The van der Waals surface area contributed by atoms with Crippen LogP contribution >= 0.6 is 0 Å². The van der Waals surface area contributed by atoms with Crippen LogP contribution in [0.5, 0.6) is 11.6 Å². The predicted molar refractivity (Wildman–Crippen MR) is 60.1 cm³/mol. The predicted octanol–water partition coefficient (Wildman–Crippen LogP) is 2.07. The number of carbonyl (C=O) groups excluding carboxylic acids is 1. The van der Waals surface area contributed by atoms with Gasteiger partial charge in [0, 0.05) is 11.1 Å². The van der Waals surface area contributed by atoms with Crippen LogP contribution in [-0.4, -0.2) is 36.0 Å². The minimum atomic E-state index is -5.25. The molecule has 0 bridgehead atoms. The molecule has 0 saturated heterocycles. The van der Waals surface area contributed by atoms with Gasteiger partial charge in [-0.2, -0.15) is 0 Å². The molecule has 1 aromatic heterocycles. The number of nitrogens with zero attached hydrogens (tertiary/aromatic N) is 2. The number of halogens is 3. The van der Waals surface area contributed by atoms with Crippen molar-refractivity contribution in [3.63, 3.8) is 0 Å². The Balaban J connectivity index is 3.52. The zero-order valence-corrected chi connectivity index (χ0v) is 10.8. The van der Waals surface area contributed by atoms with E-state index in [0.29, 0.717) is 0 Å². The molecule has 8 nitrogen and oxygen atoms in total. The molecule has 116 valence electrons. The minimum absolute atomic E-state index is 0.150. The highest BCUT2D eigenvalue weighted by atomic mass is 19.4. The summed E-state index contributed by atoms with van der Waals surface area (Å²) >= 11 is 0. The smallest absolute Gasteiger partial charge is 0.463 e. The third-order valence-corrected chi connectivity index (χ3v) is 2.03. The standard InChI is InChI=1S/C10H9F3N2O6/c1-3-20-9(16)5-4-6(19-2)14-8(15(17)18)7(5)21-10(11,12)13/h4H,3H2,1-2H3. The van der Waals surface area contributed by atoms with E-state index in [-0.39, 0.29) is 6.61 Å². The highest BCUT2D eigenvalue weighted by molar-refractivity contribution is 5.94. The summed E-state index contributed by atoms with van der Waals surface area (Å²) in [5.41, 5.74) is -0.812. The lowest BCUT2D eigenvalue weighted by Gasteiger charge is -2.12. The molecule has 1 aromatic rings. The maximum atomic E-state index is 12.3. The minimum Gasteiger partial charge on any atom is -0.463 e. The average Bonchev–Trinajstić information content (AvgIpc) is 2.36. The quantitative estimate of drug-likeness (QED) is 0.466. The normalized spacial score (nSPS) is 10.9. The molecule has 0 N–H and O–H groups in total. The first-order chi connectivity index (χ1) is 9.69. The summed E-state index contributed by atoms with van der Waals surface area (Å²) < 4.78 is 49.7. The summed E-state index contributed by atoms with van der Waals surface area (Å²) in [6.45, 7) is 1.26. The monoisotopic (exact) mass is 310 g/mol. The number of nitro groups is 1. The Hall–Kier alpha value is -2.59. The number of ether oxygens (including phenoxy) is 3. The Bertz CT molecular complexity index is 560. The van der Waals surface area contributed by atoms with Gasteiger partial charge in [0.1, 0.15) is 5.56 Å². The number of carbonyl (C=O) groups is 1. The van der Waals surface area contributed by atoms with Crippen molar-refractivity contribution in [1.82, 2.24) is 4.98 Å². The molecular weight excluding hydrogens is 301 g/mol. The fourth-order valence-corrected chi connectivity index (χ4v) is 1.30. The number of aromatic nitrogens is 1. The molecule has 0 aliphatic rings. The van der Waals surface area contributed by atoms with Crippen molar-refractivity contribution >= 4 is 11.8 Å². The fourth-order valence-electron chi connectivity index (χ4n) is 1.30. The van der Waals surface area contributed by atoms with E-state index in [9.17, 15) is 28.1 Å². The van der Waals surface area contributed by atoms with E-state index >= 15 is 0 Å². The second-order valence-electron chi connectivity index (χ2n) is 3.39. The lowest BCUT2D eigenvalue weighted by atomic mass is 10.2. The van der Waals surface area contributed by atoms with E-state index in [2.05, 4.69) is 19.2 Å². The molecule has 21 heavy (non-hydrogen) atoms. The van der Waals surface area contributed by atoms with Gasteiger partial charge in [-0.3, -0.25) is 0 Å². The van der Waals surface area contributed by atoms with Crippen LogP contribution in [0.4, 0.5) is 19.0 Å². The van der Waals surface area contributed by atoms with E-state index in [1.165, 1.54) is 6.92 Å². The van der Waals surface area contributed by atoms with Crippen molar-refractivity contribution in [3.8, 4) is 11.6 Å². The highest BCUT2D eigenvalue weighted by Gasteiger charge is 2.39. The highest BCUT2D eigenvalue weighted by Crippen LogP contribution is 2.36. The average molecular weight is 310 g/mol. The van der Waals surface area contributed by atoms with Crippen LogP contribution in [0.1, 0.15) is 17.3 Å². The van der Waals surface area contributed by atoms with Crippen LogP contribution in [-0.2, 0) is 4.74 Å². The lowest BCUT2D eigenvalue weighted by molar-refractivity contribution is -0.393. The first kappa shape index (κ1) is 16.5. The van der Waals surface area contributed by atoms with Crippen molar-refractivity contribution in [2.45, 2.75) is 13.3 Å². The number of hydrogen-bond acceptors (Lipinski definition) is 7. The first-order valence-corrected chi connectivity index (χ1v) is 5.35. The van der Waals surface area contributed by atoms with E-state index in [1.807, 2.05) is 0 Å². The van der Waals surface area contributed by atoms with Gasteiger partial charge in [-0.15, -0.1) is 13.2 Å². The van der Waals surface area contributed by atoms with Gasteiger partial charge in [-0.1, -0.05) is 0 Å². The summed E-state index contributed by atoms with van der Waals surface area (Å²) in [5.74, 6) is -4.33. The topological polar surface area (TPSA) is 101 Å². The zero-order chi connectivity index (χ0) is 16.2. The van der Waals surface area contributed by atoms with Crippen molar-refractivity contribution in [2.24, 2.45) is 0 Å². The van der Waals surface area contributed by atoms with Gasteiger partial charge >= 0.3 is 24.0 Å². The molecule has 0 aliphatic carbocycles. The molecule has 0 aliphatic heterocycles. The van der Waals surface area contributed by atoms with Crippen molar-refractivity contribution in [3.05, 3.63) is 21.7 Å². The molecule has 0 unspecified atom stereocenters. The van der Waals surface area contributed by atoms with Crippen LogP contribution in [0.25, 0.3) is 0 Å². The maximum absolute atomic E-state index is 12.3. The molecule has 0 saturated carbocycles. The van der Waals surface area contributed by atoms with Gasteiger partial charge in [0.15, 0.2) is 0 Å². The van der Waals surface area contributed by atoms with Gasteiger partial charge in [0.05, 0.1) is 13.7 Å². The third kappa shape index (κ3) is 4.19. The zero-order valence-electron chi connectivity index (χ0n) is 10.8. The summed E-state index contributed by atoms with van der Waals surface area (Å²) in [6, 6.07) is 0.756. The lowest BCUT2D eigenvalue weighted by Crippen LogP contribution is -2.21. The molecule has 0 spiro atoms. The summed E-state index contributed by atoms with van der Waals surface area (Å²) in [5, 5.41) is 10.8. The Kier molecular flexibility index (Phi) is 4.89. The molecule has 1 heterocycles. The number of methoxy groups -OCH3 is 1. The van der Waals surface area contributed by atoms with Crippen LogP contribution < -0.4 is 9.47 Å². The van der Waals surface area contributed by atoms with Crippen molar-refractivity contribution < 1.29 is 37.1 Å². The van der Waals surface area contributed by atoms with Gasteiger partial charge in [0.2, 0.25) is 5.75 Å². The van der Waals surface area contributed by atoms with Gasteiger partial charge in [-0.25, -0.2) is 4.79 Å². The van der Waals surface area contributed by atoms with Crippen LogP contribution in [0.2, 0.25) is 0 Å². The Labute approximate surface area is 115 Å². The molecule has 11 heteroatoms. The number of rotatable bonds is 5. The molecule has 0 aromatic carbocycles. The van der Waals surface area contributed by atoms with Gasteiger partial charge < -0.3 is 24.3 Å². The van der Waals surface area contributed by atoms with Gasteiger partial charge in [0.25, 0.3) is 0 Å². The Morgan fingerprint density at radius 1 is 1.48 bits per heavy atom. The summed E-state index contributed by atoms with van der Waals surface area (Å²) in [6.07, 6.45) is -5.25. The van der Waals surface area contributed by atoms with Gasteiger partial charge in [-0.05, 0) is 11.8 Å². The number of pyridine rings is 1. The number of esters is 1. The van der Waals surface area contributed by atoms with Crippen LogP contribution in [0.15, 0.2) is 6.07 Å². The largest absolute Gasteiger partial charge is 0.573 e. The molecule has 1 rings (SSSR count). The van der Waals surface area contributed by atoms with E-state index in [0.717, 1.165) is 13.2 Å². The second kappa shape index (κ2) is 6.24. The Morgan fingerprint density at radius 3 is 2.52 bits per heavy atom. The molecule has 0 atom stereocenters.